The van der Waals surface area contributed by atoms with Gasteiger partial charge in [0.25, 0.3) is 0 Å². The third kappa shape index (κ3) is 3.17. The topological polar surface area (TPSA) is 37.8 Å². The number of hydrogen-bond donors (Lipinski definition) is 1. The Bertz CT molecular complexity index is 250. The van der Waals surface area contributed by atoms with Gasteiger partial charge in [0.15, 0.2) is 0 Å². The van der Waals surface area contributed by atoms with Crippen LogP contribution in [0.3, 0.4) is 0 Å². The molecule has 66 valence electrons. The Morgan fingerprint density at radius 1 is 1.58 bits per heavy atom. The predicted molar refractivity (Wildman–Crippen MR) is 53.1 cm³/mol. The number of rotatable bonds is 3. The van der Waals surface area contributed by atoms with Gasteiger partial charge < -0.3 is 5.32 Å². The van der Waals surface area contributed by atoms with Crippen LogP contribution in [0.2, 0.25) is 0 Å². The van der Waals surface area contributed by atoms with Gasteiger partial charge in [-0.05, 0) is 27.9 Å². The first-order chi connectivity index (χ1) is 5.68. The van der Waals surface area contributed by atoms with Crippen LogP contribution in [0.5, 0.6) is 0 Å². The quantitative estimate of drug-likeness (QED) is 0.809. The summed E-state index contributed by atoms with van der Waals surface area (Å²) in [5.74, 6) is 1.28. The van der Waals surface area contributed by atoms with Crippen molar-refractivity contribution >= 4 is 21.9 Å². The molecule has 0 fully saturated rings. The summed E-state index contributed by atoms with van der Waals surface area (Å²) in [7, 11) is 0. The normalized spacial score (nSPS) is 10.3. The largest absolute Gasteiger partial charge is 0.354 e. The third-order valence-electron chi connectivity index (χ3n) is 1.29. The molecule has 0 aromatic carbocycles. The van der Waals surface area contributed by atoms with Gasteiger partial charge in [-0.15, -0.1) is 0 Å². The molecular formula is C8H12BrN3. The van der Waals surface area contributed by atoms with Gasteiger partial charge in [-0.25, -0.2) is 9.97 Å². The first-order valence-corrected chi connectivity index (χ1v) is 4.70. The van der Waals surface area contributed by atoms with Crippen LogP contribution in [0, 0.1) is 5.92 Å². The van der Waals surface area contributed by atoms with E-state index in [0.717, 1.165) is 11.1 Å². The van der Waals surface area contributed by atoms with Crippen molar-refractivity contribution in [2.24, 2.45) is 5.92 Å². The van der Waals surface area contributed by atoms with Gasteiger partial charge >= 0.3 is 0 Å². The number of aromatic nitrogens is 2. The molecule has 0 aliphatic carbocycles. The summed E-state index contributed by atoms with van der Waals surface area (Å²) in [5.41, 5.74) is 0. The molecule has 1 N–H and O–H groups in total. The van der Waals surface area contributed by atoms with Crippen LogP contribution < -0.4 is 5.32 Å². The summed E-state index contributed by atoms with van der Waals surface area (Å²) in [5, 5.41) is 3.13. The van der Waals surface area contributed by atoms with E-state index in [1.807, 2.05) is 0 Å². The van der Waals surface area contributed by atoms with Gasteiger partial charge in [0.05, 0.1) is 0 Å². The second-order valence-electron chi connectivity index (χ2n) is 2.98. The highest BCUT2D eigenvalue weighted by molar-refractivity contribution is 9.10. The molecule has 0 bridgehead atoms. The maximum absolute atomic E-state index is 4.14. The van der Waals surface area contributed by atoms with Gasteiger partial charge in [0.2, 0.25) is 5.95 Å². The van der Waals surface area contributed by atoms with Crippen LogP contribution in [-0.4, -0.2) is 16.5 Å². The lowest BCUT2D eigenvalue weighted by molar-refractivity contribution is 0.684. The standard InChI is InChI=1S/C8H12BrN3/c1-6(2)5-11-8-10-4-3-7(9)12-8/h3-4,6H,5H2,1-2H3,(H,10,11,12). The minimum absolute atomic E-state index is 0.604. The molecular weight excluding hydrogens is 218 g/mol. The molecule has 1 rings (SSSR count). The van der Waals surface area contributed by atoms with Crippen molar-refractivity contribution in [1.82, 2.24) is 9.97 Å². The fourth-order valence-electron chi connectivity index (χ4n) is 0.717. The molecule has 1 aromatic rings. The van der Waals surface area contributed by atoms with E-state index in [2.05, 4.69) is 45.1 Å². The van der Waals surface area contributed by atoms with Crippen LogP contribution in [0.15, 0.2) is 16.9 Å². The maximum atomic E-state index is 4.14. The highest BCUT2D eigenvalue weighted by Gasteiger charge is 1.97. The molecule has 0 spiro atoms. The van der Waals surface area contributed by atoms with Crippen LogP contribution in [0.1, 0.15) is 13.8 Å². The number of hydrogen-bond acceptors (Lipinski definition) is 3. The Balaban J connectivity index is 2.52. The second-order valence-corrected chi connectivity index (χ2v) is 3.79. The van der Waals surface area contributed by atoms with E-state index in [4.69, 9.17) is 0 Å². The van der Waals surface area contributed by atoms with E-state index in [1.54, 1.807) is 12.3 Å². The lowest BCUT2D eigenvalue weighted by Gasteiger charge is -2.06. The lowest BCUT2D eigenvalue weighted by Crippen LogP contribution is -2.10. The van der Waals surface area contributed by atoms with Crippen molar-refractivity contribution in [3.05, 3.63) is 16.9 Å². The summed E-state index contributed by atoms with van der Waals surface area (Å²) in [6.07, 6.45) is 1.72. The molecule has 0 atom stereocenters. The molecule has 1 heterocycles. The van der Waals surface area contributed by atoms with Crippen molar-refractivity contribution in [1.29, 1.82) is 0 Å². The van der Waals surface area contributed by atoms with E-state index in [0.29, 0.717) is 11.9 Å². The zero-order chi connectivity index (χ0) is 8.97. The Morgan fingerprint density at radius 2 is 2.33 bits per heavy atom. The zero-order valence-corrected chi connectivity index (χ0v) is 8.80. The Morgan fingerprint density at radius 3 is 2.92 bits per heavy atom. The average Bonchev–Trinajstić information content (AvgIpc) is 2.01. The van der Waals surface area contributed by atoms with Crippen molar-refractivity contribution < 1.29 is 0 Å². The smallest absolute Gasteiger partial charge is 0.223 e. The second kappa shape index (κ2) is 4.40. The van der Waals surface area contributed by atoms with Crippen molar-refractivity contribution in [2.45, 2.75) is 13.8 Å². The number of nitrogens with zero attached hydrogens (tertiary/aromatic N) is 2. The number of halogens is 1. The molecule has 12 heavy (non-hydrogen) atoms. The average molecular weight is 230 g/mol. The number of anilines is 1. The Kier molecular flexibility index (Phi) is 3.47. The molecule has 1 aromatic heterocycles. The molecule has 0 amide bonds. The summed E-state index contributed by atoms with van der Waals surface area (Å²) in [6.45, 7) is 5.19. The third-order valence-corrected chi connectivity index (χ3v) is 1.73. The molecule has 0 aliphatic heterocycles. The van der Waals surface area contributed by atoms with Crippen molar-refractivity contribution in [3.63, 3.8) is 0 Å². The summed E-state index contributed by atoms with van der Waals surface area (Å²) < 4.78 is 0.809. The van der Waals surface area contributed by atoms with Gasteiger partial charge in [-0.2, -0.15) is 0 Å². The lowest BCUT2D eigenvalue weighted by atomic mass is 10.2. The van der Waals surface area contributed by atoms with Gasteiger partial charge in [0.1, 0.15) is 4.60 Å². The molecule has 0 aliphatic rings. The molecule has 3 nitrogen and oxygen atoms in total. The predicted octanol–water partition coefficient (Wildman–Crippen LogP) is 2.31. The van der Waals surface area contributed by atoms with E-state index in [1.165, 1.54) is 0 Å². The first kappa shape index (κ1) is 9.45. The summed E-state index contributed by atoms with van der Waals surface area (Å²) >= 11 is 3.28. The van der Waals surface area contributed by atoms with E-state index in [-0.39, 0.29) is 0 Å². The Labute approximate surface area is 80.7 Å². The molecule has 4 heteroatoms. The fourth-order valence-corrected chi connectivity index (χ4v) is 1.00. The minimum Gasteiger partial charge on any atom is -0.354 e. The molecule has 0 saturated heterocycles. The van der Waals surface area contributed by atoms with Crippen LogP contribution >= 0.6 is 15.9 Å². The van der Waals surface area contributed by atoms with Crippen molar-refractivity contribution in [2.75, 3.05) is 11.9 Å². The first-order valence-electron chi connectivity index (χ1n) is 3.91. The SMILES string of the molecule is CC(C)CNc1nccc(Br)n1. The highest BCUT2D eigenvalue weighted by Crippen LogP contribution is 2.06. The van der Waals surface area contributed by atoms with Crippen LogP contribution in [0.4, 0.5) is 5.95 Å². The van der Waals surface area contributed by atoms with Crippen molar-refractivity contribution in [3.8, 4) is 0 Å². The maximum Gasteiger partial charge on any atom is 0.223 e. The Hall–Kier alpha value is -0.640. The molecule has 0 radical (unpaired) electrons. The monoisotopic (exact) mass is 229 g/mol. The van der Waals surface area contributed by atoms with E-state index >= 15 is 0 Å². The molecule has 0 saturated carbocycles. The highest BCUT2D eigenvalue weighted by atomic mass is 79.9. The number of nitrogens with one attached hydrogen (secondary N) is 1. The molecule has 0 unspecified atom stereocenters. The van der Waals surface area contributed by atoms with Gasteiger partial charge in [-0.1, -0.05) is 13.8 Å². The minimum atomic E-state index is 0.604. The van der Waals surface area contributed by atoms with Gasteiger partial charge in [0, 0.05) is 12.7 Å². The van der Waals surface area contributed by atoms with Gasteiger partial charge in [-0.3, -0.25) is 0 Å². The van der Waals surface area contributed by atoms with E-state index in [9.17, 15) is 0 Å². The van der Waals surface area contributed by atoms with E-state index < -0.39 is 0 Å². The van der Waals surface area contributed by atoms with Crippen LogP contribution in [-0.2, 0) is 0 Å². The summed E-state index contributed by atoms with van der Waals surface area (Å²) in [4.78, 5) is 8.20. The fraction of sp³-hybridized carbons (Fsp3) is 0.500. The summed E-state index contributed by atoms with van der Waals surface area (Å²) in [6, 6.07) is 1.81. The van der Waals surface area contributed by atoms with Crippen LogP contribution in [0.25, 0.3) is 0 Å². The zero-order valence-electron chi connectivity index (χ0n) is 7.21.